The average molecular weight is 240 g/mol. The van der Waals surface area contributed by atoms with Crippen LogP contribution in [0.3, 0.4) is 0 Å². The number of carbonyl (C=O) groups is 2. The van der Waals surface area contributed by atoms with Crippen molar-refractivity contribution in [3.8, 4) is 0 Å². The second kappa shape index (κ2) is 6.12. The fraction of sp³-hybridized carbons (Fsp3) is 0.300. The molecule has 0 aliphatic heterocycles. The SMILES string of the molecule is CSCCC(=O)Nc1ccc(C(=O)O)nc1. The van der Waals surface area contributed by atoms with Gasteiger partial charge in [-0.25, -0.2) is 9.78 Å². The average Bonchev–Trinajstić information content (AvgIpc) is 2.27. The van der Waals surface area contributed by atoms with E-state index >= 15 is 0 Å². The highest BCUT2D eigenvalue weighted by Gasteiger charge is 2.05. The lowest BCUT2D eigenvalue weighted by atomic mass is 10.3. The van der Waals surface area contributed by atoms with E-state index in [1.54, 1.807) is 11.8 Å². The van der Waals surface area contributed by atoms with Crippen LogP contribution in [0.15, 0.2) is 18.3 Å². The Bertz CT molecular complexity index is 378. The molecule has 86 valence electrons. The second-order valence-electron chi connectivity index (χ2n) is 3.03. The number of nitrogens with zero attached hydrogens (tertiary/aromatic N) is 1. The van der Waals surface area contributed by atoms with Gasteiger partial charge in [-0.3, -0.25) is 4.79 Å². The molecule has 0 aliphatic rings. The number of hydrogen-bond donors (Lipinski definition) is 2. The first-order valence-corrected chi connectivity index (χ1v) is 6.01. The van der Waals surface area contributed by atoms with Crippen molar-refractivity contribution in [1.29, 1.82) is 0 Å². The lowest BCUT2D eigenvalue weighted by Crippen LogP contribution is -2.12. The predicted molar refractivity (Wildman–Crippen MR) is 62.8 cm³/mol. The quantitative estimate of drug-likeness (QED) is 0.814. The molecule has 2 N–H and O–H groups in total. The van der Waals surface area contributed by atoms with Gasteiger partial charge in [-0.2, -0.15) is 11.8 Å². The van der Waals surface area contributed by atoms with Crippen LogP contribution in [0.1, 0.15) is 16.9 Å². The molecule has 0 spiro atoms. The van der Waals surface area contributed by atoms with Gasteiger partial charge in [-0.1, -0.05) is 0 Å². The summed E-state index contributed by atoms with van der Waals surface area (Å²) in [5.74, 6) is -0.425. The van der Waals surface area contributed by atoms with Gasteiger partial charge in [-0.05, 0) is 18.4 Å². The van der Waals surface area contributed by atoms with Gasteiger partial charge in [0.2, 0.25) is 5.91 Å². The number of carboxylic acid groups (broad SMARTS) is 1. The molecule has 0 bridgehead atoms. The molecule has 0 radical (unpaired) electrons. The molecule has 1 aromatic heterocycles. The van der Waals surface area contributed by atoms with E-state index in [9.17, 15) is 9.59 Å². The van der Waals surface area contributed by atoms with E-state index in [1.165, 1.54) is 18.3 Å². The maximum Gasteiger partial charge on any atom is 0.354 e. The smallest absolute Gasteiger partial charge is 0.354 e. The summed E-state index contributed by atoms with van der Waals surface area (Å²) in [7, 11) is 0. The molecule has 1 rings (SSSR count). The van der Waals surface area contributed by atoms with Gasteiger partial charge in [0.25, 0.3) is 0 Å². The topological polar surface area (TPSA) is 79.3 Å². The highest BCUT2D eigenvalue weighted by atomic mass is 32.2. The van der Waals surface area contributed by atoms with Gasteiger partial charge in [0.1, 0.15) is 5.69 Å². The zero-order chi connectivity index (χ0) is 12.0. The Kier molecular flexibility index (Phi) is 4.78. The van der Waals surface area contributed by atoms with Crippen molar-refractivity contribution in [1.82, 2.24) is 4.98 Å². The highest BCUT2D eigenvalue weighted by Crippen LogP contribution is 2.07. The Morgan fingerprint density at radius 3 is 2.75 bits per heavy atom. The molecule has 0 saturated heterocycles. The van der Waals surface area contributed by atoms with E-state index in [0.717, 1.165) is 5.75 Å². The monoisotopic (exact) mass is 240 g/mol. The first kappa shape index (κ1) is 12.5. The fourth-order valence-corrected chi connectivity index (χ4v) is 1.40. The van der Waals surface area contributed by atoms with Crippen LogP contribution in [0.4, 0.5) is 5.69 Å². The minimum Gasteiger partial charge on any atom is -0.477 e. The molecule has 5 nitrogen and oxygen atoms in total. The van der Waals surface area contributed by atoms with Crippen LogP contribution < -0.4 is 5.32 Å². The minimum absolute atomic E-state index is 0.0397. The van der Waals surface area contributed by atoms with Crippen molar-refractivity contribution in [2.45, 2.75) is 6.42 Å². The normalized spacial score (nSPS) is 9.81. The number of carboxylic acids is 1. The minimum atomic E-state index is -1.08. The summed E-state index contributed by atoms with van der Waals surface area (Å²) in [4.78, 5) is 25.5. The number of amides is 1. The molecule has 1 aromatic rings. The summed E-state index contributed by atoms with van der Waals surface area (Å²) in [6.45, 7) is 0. The third kappa shape index (κ3) is 3.90. The number of carbonyl (C=O) groups excluding carboxylic acids is 1. The molecule has 1 amide bonds. The van der Waals surface area contributed by atoms with E-state index in [-0.39, 0.29) is 11.6 Å². The van der Waals surface area contributed by atoms with Crippen molar-refractivity contribution in [2.75, 3.05) is 17.3 Å². The Hall–Kier alpha value is -1.56. The molecule has 0 aliphatic carbocycles. The van der Waals surface area contributed by atoms with E-state index < -0.39 is 5.97 Å². The van der Waals surface area contributed by atoms with Crippen molar-refractivity contribution < 1.29 is 14.7 Å². The summed E-state index contributed by atoms with van der Waals surface area (Å²) in [6, 6.07) is 2.87. The predicted octanol–water partition coefficient (Wildman–Crippen LogP) is 1.47. The molecule has 1 heterocycles. The van der Waals surface area contributed by atoms with Gasteiger partial charge in [0, 0.05) is 12.2 Å². The number of anilines is 1. The Labute approximate surface area is 97.3 Å². The lowest BCUT2D eigenvalue weighted by molar-refractivity contribution is -0.115. The molecule has 0 aromatic carbocycles. The van der Waals surface area contributed by atoms with E-state index in [2.05, 4.69) is 10.3 Å². The van der Waals surface area contributed by atoms with Gasteiger partial charge < -0.3 is 10.4 Å². The summed E-state index contributed by atoms with van der Waals surface area (Å²) in [6.07, 6.45) is 3.69. The van der Waals surface area contributed by atoms with Gasteiger partial charge in [-0.15, -0.1) is 0 Å². The number of hydrogen-bond acceptors (Lipinski definition) is 4. The molecule has 0 fully saturated rings. The summed E-state index contributed by atoms with van der Waals surface area (Å²) in [5.41, 5.74) is 0.471. The molecule has 0 unspecified atom stereocenters. The Morgan fingerprint density at radius 1 is 1.50 bits per heavy atom. The number of nitrogens with one attached hydrogen (secondary N) is 1. The molecule has 16 heavy (non-hydrogen) atoms. The van der Waals surface area contributed by atoms with Gasteiger partial charge >= 0.3 is 5.97 Å². The van der Waals surface area contributed by atoms with Crippen molar-refractivity contribution in [3.05, 3.63) is 24.0 Å². The van der Waals surface area contributed by atoms with Crippen molar-refractivity contribution in [3.63, 3.8) is 0 Å². The molecular weight excluding hydrogens is 228 g/mol. The maximum absolute atomic E-state index is 11.3. The van der Waals surface area contributed by atoms with Crippen LogP contribution in [-0.4, -0.2) is 34.0 Å². The number of aromatic carboxylic acids is 1. The Morgan fingerprint density at radius 2 is 2.25 bits per heavy atom. The summed E-state index contributed by atoms with van der Waals surface area (Å²) < 4.78 is 0. The number of aromatic nitrogens is 1. The molecule has 0 atom stereocenters. The fourth-order valence-electron chi connectivity index (χ4n) is 1.01. The van der Waals surface area contributed by atoms with Crippen LogP contribution in [-0.2, 0) is 4.79 Å². The number of rotatable bonds is 5. The van der Waals surface area contributed by atoms with E-state index in [0.29, 0.717) is 12.1 Å². The number of pyridine rings is 1. The van der Waals surface area contributed by atoms with Crippen LogP contribution in [0.2, 0.25) is 0 Å². The summed E-state index contributed by atoms with van der Waals surface area (Å²) in [5, 5.41) is 11.3. The van der Waals surface area contributed by atoms with Crippen LogP contribution in [0.5, 0.6) is 0 Å². The third-order valence-electron chi connectivity index (χ3n) is 1.80. The maximum atomic E-state index is 11.3. The third-order valence-corrected chi connectivity index (χ3v) is 2.41. The summed E-state index contributed by atoms with van der Waals surface area (Å²) >= 11 is 1.59. The first-order valence-electron chi connectivity index (χ1n) is 4.61. The zero-order valence-corrected chi connectivity index (χ0v) is 9.58. The van der Waals surface area contributed by atoms with Crippen LogP contribution in [0.25, 0.3) is 0 Å². The largest absolute Gasteiger partial charge is 0.477 e. The van der Waals surface area contributed by atoms with Gasteiger partial charge in [0.15, 0.2) is 0 Å². The first-order chi connectivity index (χ1) is 7.63. The lowest BCUT2D eigenvalue weighted by Gasteiger charge is -2.03. The zero-order valence-electron chi connectivity index (χ0n) is 8.77. The second-order valence-corrected chi connectivity index (χ2v) is 4.01. The highest BCUT2D eigenvalue weighted by molar-refractivity contribution is 7.98. The Balaban J connectivity index is 2.55. The molecule has 6 heteroatoms. The van der Waals surface area contributed by atoms with Crippen LogP contribution in [0, 0.1) is 0 Å². The van der Waals surface area contributed by atoms with Crippen molar-refractivity contribution >= 4 is 29.3 Å². The van der Waals surface area contributed by atoms with Gasteiger partial charge in [0.05, 0.1) is 11.9 Å². The molecule has 0 saturated carbocycles. The van der Waals surface area contributed by atoms with E-state index in [4.69, 9.17) is 5.11 Å². The van der Waals surface area contributed by atoms with Crippen LogP contribution >= 0.6 is 11.8 Å². The number of thioether (sulfide) groups is 1. The molecular formula is C10H12N2O3S. The van der Waals surface area contributed by atoms with Crippen molar-refractivity contribution in [2.24, 2.45) is 0 Å². The standard InChI is InChI=1S/C10H12N2O3S/c1-16-5-4-9(13)12-7-2-3-8(10(14)15)11-6-7/h2-3,6H,4-5H2,1H3,(H,12,13)(H,14,15). The van der Waals surface area contributed by atoms with E-state index in [1.807, 2.05) is 6.26 Å².